The second-order valence-corrected chi connectivity index (χ2v) is 11.5. The molecule has 116 valence electrons. The lowest BCUT2D eigenvalue weighted by Crippen LogP contribution is -2.41. The lowest BCUT2D eigenvalue weighted by Gasteiger charge is -2.36. The van der Waals surface area contributed by atoms with Crippen molar-refractivity contribution in [1.29, 1.82) is 5.26 Å². The Morgan fingerprint density at radius 2 is 1.86 bits per heavy atom. The molecule has 0 unspecified atom stereocenters. The number of hydrogen-bond acceptors (Lipinski definition) is 4. The highest BCUT2D eigenvalue weighted by molar-refractivity contribution is 6.74. The van der Waals surface area contributed by atoms with E-state index in [1.165, 1.54) is 0 Å². The molecule has 0 aliphatic heterocycles. The first-order valence-corrected chi connectivity index (χ1v) is 10.3. The van der Waals surface area contributed by atoms with Crippen LogP contribution in [0.4, 0.5) is 0 Å². The smallest absolute Gasteiger partial charge is 0.191 e. The summed E-state index contributed by atoms with van der Waals surface area (Å²) in [4.78, 5) is 3.97. The van der Waals surface area contributed by atoms with E-state index in [0.29, 0.717) is 18.1 Å². The van der Waals surface area contributed by atoms with E-state index in [1.54, 1.807) is 18.3 Å². The maximum atomic E-state index is 8.66. The van der Waals surface area contributed by atoms with Crippen LogP contribution in [0.25, 0.3) is 0 Å². The Labute approximate surface area is 129 Å². The third-order valence-electron chi connectivity index (χ3n) is 3.93. The minimum atomic E-state index is -1.62. The number of pyridine rings is 1. The van der Waals surface area contributed by atoms with Crippen molar-refractivity contribution in [2.24, 2.45) is 0 Å². The molecular weight excluding hydrogens is 280 g/mol. The molecule has 0 saturated heterocycles. The standard InChI is InChI=1S/C16H26N2O2Si/c1-16(2,3)21(4,5)20-11-7-6-10-19-15-9-8-14(12-17)18-13-15/h8-9,13H,6-7,10-11H2,1-5H3. The molecular formula is C16H26N2O2Si. The van der Waals surface area contributed by atoms with Crippen molar-refractivity contribution >= 4 is 8.32 Å². The normalized spacial score (nSPS) is 12.0. The number of unbranched alkanes of at least 4 members (excludes halogenated alkanes) is 1. The second-order valence-electron chi connectivity index (χ2n) is 6.66. The van der Waals surface area contributed by atoms with Gasteiger partial charge in [0.15, 0.2) is 8.32 Å². The summed E-state index contributed by atoms with van der Waals surface area (Å²) in [5, 5.41) is 8.92. The van der Waals surface area contributed by atoms with Crippen LogP contribution in [-0.2, 0) is 4.43 Å². The SMILES string of the molecule is CC(C)(C)[Si](C)(C)OCCCCOc1ccc(C#N)nc1. The predicted octanol–water partition coefficient (Wildman–Crippen LogP) is 4.13. The summed E-state index contributed by atoms with van der Waals surface area (Å²) >= 11 is 0. The van der Waals surface area contributed by atoms with Crippen molar-refractivity contribution in [2.45, 2.75) is 51.7 Å². The molecule has 1 aromatic rings. The Morgan fingerprint density at radius 1 is 1.19 bits per heavy atom. The Hall–Kier alpha value is -1.38. The average Bonchev–Trinajstić information content (AvgIpc) is 2.42. The first-order valence-electron chi connectivity index (χ1n) is 7.39. The van der Waals surface area contributed by atoms with Crippen molar-refractivity contribution in [2.75, 3.05) is 13.2 Å². The summed E-state index contributed by atoms with van der Waals surface area (Å²) in [6, 6.07) is 5.42. The van der Waals surface area contributed by atoms with E-state index in [9.17, 15) is 0 Å². The van der Waals surface area contributed by atoms with Crippen LogP contribution in [0.5, 0.6) is 5.75 Å². The topological polar surface area (TPSA) is 55.1 Å². The van der Waals surface area contributed by atoms with E-state index in [2.05, 4.69) is 38.8 Å². The third kappa shape index (κ3) is 5.86. The van der Waals surface area contributed by atoms with E-state index in [-0.39, 0.29) is 5.04 Å². The fraction of sp³-hybridized carbons (Fsp3) is 0.625. The van der Waals surface area contributed by atoms with E-state index in [0.717, 1.165) is 19.4 Å². The van der Waals surface area contributed by atoms with Crippen molar-refractivity contribution < 1.29 is 9.16 Å². The summed E-state index contributed by atoms with van der Waals surface area (Å²) in [5.41, 5.74) is 0.408. The van der Waals surface area contributed by atoms with Crippen molar-refractivity contribution in [3.63, 3.8) is 0 Å². The monoisotopic (exact) mass is 306 g/mol. The zero-order chi connectivity index (χ0) is 15.9. The summed E-state index contributed by atoms with van der Waals surface area (Å²) in [6.45, 7) is 12.7. The first-order chi connectivity index (χ1) is 9.76. The summed E-state index contributed by atoms with van der Waals surface area (Å²) in [7, 11) is -1.62. The van der Waals surface area contributed by atoms with Crippen molar-refractivity contribution in [3.05, 3.63) is 24.0 Å². The molecule has 0 N–H and O–H groups in total. The molecule has 1 rings (SSSR count). The van der Waals surface area contributed by atoms with E-state index >= 15 is 0 Å². The van der Waals surface area contributed by atoms with Gasteiger partial charge in [0.05, 0.1) is 12.8 Å². The number of ether oxygens (including phenoxy) is 1. The maximum Gasteiger partial charge on any atom is 0.191 e. The number of aromatic nitrogens is 1. The molecule has 0 aliphatic carbocycles. The zero-order valence-electron chi connectivity index (χ0n) is 13.8. The minimum Gasteiger partial charge on any atom is -0.492 e. The molecule has 4 nitrogen and oxygen atoms in total. The average molecular weight is 306 g/mol. The second kappa shape index (κ2) is 7.58. The first kappa shape index (κ1) is 17.7. The Morgan fingerprint density at radius 3 is 2.38 bits per heavy atom. The molecule has 0 aromatic carbocycles. The molecule has 0 saturated carbocycles. The molecule has 0 bridgehead atoms. The van der Waals surface area contributed by atoms with E-state index in [1.807, 2.05) is 6.07 Å². The number of rotatable bonds is 7. The number of nitriles is 1. The van der Waals surface area contributed by atoms with Crippen LogP contribution in [0.2, 0.25) is 18.1 Å². The fourth-order valence-electron chi connectivity index (χ4n) is 1.47. The lowest BCUT2D eigenvalue weighted by atomic mass is 10.2. The van der Waals surface area contributed by atoms with Gasteiger partial charge >= 0.3 is 0 Å². The third-order valence-corrected chi connectivity index (χ3v) is 8.47. The van der Waals surface area contributed by atoms with Gasteiger partial charge in [-0.3, -0.25) is 0 Å². The Balaban J connectivity index is 2.19. The molecule has 0 radical (unpaired) electrons. The molecule has 1 heterocycles. The Bertz CT molecular complexity index is 473. The lowest BCUT2D eigenvalue weighted by molar-refractivity contribution is 0.252. The minimum absolute atomic E-state index is 0.262. The van der Waals surface area contributed by atoms with Gasteiger partial charge in [0, 0.05) is 6.61 Å². The van der Waals surface area contributed by atoms with Crippen LogP contribution in [0, 0.1) is 11.3 Å². The van der Waals surface area contributed by atoms with Crippen LogP contribution < -0.4 is 4.74 Å². The van der Waals surface area contributed by atoms with Gasteiger partial charge in [0.25, 0.3) is 0 Å². The van der Waals surface area contributed by atoms with Gasteiger partial charge in [0.2, 0.25) is 0 Å². The van der Waals surface area contributed by atoms with Gasteiger partial charge in [0.1, 0.15) is 17.5 Å². The maximum absolute atomic E-state index is 8.66. The molecule has 21 heavy (non-hydrogen) atoms. The summed E-state index contributed by atoms with van der Waals surface area (Å²) < 4.78 is 11.7. The zero-order valence-corrected chi connectivity index (χ0v) is 14.8. The molecule has 0 fully saturated rings. The van der Waals surface area contributed by atoms with Crippen LogP contribution >= 0.6 is 0 Å². The highest BCUT2D eigenvalue weighted by atomic mass is 28.4. The number of nitrogens with zero attached hydrogens (tertiary/aromatic N) is 2. The molecule has 1 aromatic heterocycles. The van der Waals surface area contributed by atoms with Crippen LogP contribution in [0.1, 0.15) is 39.3 Å². The van der Waals surface area contributed by atoms with Crippen LogP contribution in [0.15, 0.2) is 18.3 Å². The largest absolute Gasteiger partial charge is 0.492 e. The highest BCUT2D eigenvalue weighted by Gasteiger charge is 2.36. The van der Waals surface area contributed by atoms with Crippen molar-refractivity contribution in [1.82, 2.24) is 4.98 Å². The predicted molar refractivity (Wildman–Crippen MR) is 86.8 cm³/mol. The highest BCUT2D eigenvalue weighted by Crippen LogP contribution is 2.36. The van der Waals surface area contributed by atoms with Gasteiger partial charge in [-0.25, -0.2) is 4.98 Å². The van der Waals surface area contributed by atoms with E-state index < -0.39 is 8.32 Å². The molecule has 0 spiro atoms. The van der Waals surface area contributed by atoms with Crippen LogP contribution in [0.3, 0.4) is 0 Å². The quantitative estimate of drug-likeness (QED) is 0.561. The Kier molecular flexibility index (Phi) is 6.37. The molecule has 0 atom stereocenters. The van der Waals surface area contributed by atoms with Gasteiger partial charge in [-0.1, -0.05) is 20.8 Å². The van der Waals surface area contributed by atoms with E-state index in [4.69, 9.17) is 14.4 Å². The number of hydrogen-bond donors (Lipinski definition) is 0. The molecule has 5 heteroatoms. The van der Waals surface area contributed by atoms with Gasteiger partial charge in [-0.05, 0) is 43.1 Å². The molecule has 0 aliphatic rings. The summed E-state index contributed by atoms with van der Waals surface area (Å²) in [5.74, 6) is 0.708. The van der Waals surface area contributed by atoms with Gasteiger partial charge in [-0.2, -0.15) is 5.26 Å². The van der Waals surface area contributed by atoms with Crippen molar-refractivity contribution in [3.8, 4) is 11.8 Å². The van der Waals surface area contributed by atoms with Gasteiger partial charge in [-0.15, -0.1) is 0 Å². The fourth-order valence-corrected chi connectivity index (χ4v) is 2.56. The van der Waals surface area contributed by atoms with Crippen LogP contribution in [-0.4, -0.2) is 26.5 Å². The summed E-state index contributed by atoms with van der Waals surface area (Å²) in [6.07, 6.45) is 3.54. The molecule has 0 amide bonds. The van der Waals surface area contributed by atoms with Gasteiger partial charge < -0.3 is 9.16 Å².